The van der Waals surface area contributed by atoms with Crippen LogP contribution in [0.3, 0.4) is 0 Å². The van der Waals surface area contributed by atoms with E-state index in [1.165, 1.54) is 4.70 Å². The summed E-state index contributed by atoms with van der Waals surface area (Å²) in [7, 11) is 0. The molecule has 102 valence electrons. The highest BCUT2D eigenvalue weighted by atomic mass is 79.9. The molecule has 0 fully saturated rings. The molecule has 0 aliphatic carbocycles. The Kier molecular flexibility index (Phi) is 4.46. The van der Waals surface area contributed by atoms with Gasteiger partial charge >= 0.3 is 0 Å². The highest BCUT2D eigenvalue weighted by Gasteiger charge is 2.13. The van der Waals surface area contributed by atoms with Crippen LogP contribution in [0.5, 0.6) is 0 Å². The lowest BCUT2D eigenvalue weighted by molar-refractivity contribution is 0.938. The lowest BCUT2D eigenvalue weighted by Gasteiger charge is -2.09. The number of benzene rings is 2. The van der Waals surface area contributed by atoms with Crippen molar-refractivity contribution in [1.82, 2.24) is 4.98 Å². The molecule has 3 aromatic rings. The van der Waals surface area contributed by atoms with Crippen LogP contribution in [0, 0.1) is 0 Å². The topological polar surface area (TPSA) is 12.9 Å². The molecule has 0 amide bonds. The summed E-state index contributed by atoms with van der Waals surface area (Å²) in [5.74, 6) is 0. The Balaban J connectivity index is 1.84. The second-order valence-electron chi connectivity index (χ2n) is 4.42. The summed E-state index contributed by atoms with van der Waals surface area (Å²) in [5.41, 5.74) is 2.23. The van der Waals surface area contributed by atoms with Gasteiger partial charge in [-0.1, -0.05) is 45.7 Å². The molecule has 0 radical (unpaired) electrons. The van der Waals surface area contributed by atoms with E-state index in [1.54, 1.807) is 11.3 Å². The number of hydrogen-bond donors (Lipinski definition) is 0. The Morgan fingerprint density at radius 1 is 1.20 bits per heavy atom. The molecule has 1 aromatic heterocycles. The van der Waals surface area contributed by atoms with Crippen LogP contribution in [0.15, 0.2) is 46.9 Å². The van der Waals surface area contributed by atoms with Crippen LogP contribution < -0.4 is 0 Å². The zero-order valence-electron chi connectivity index (χ0n) is 10.3. The monoisotopic (exact) mass is 429 g/mol. The standard InChI is InChI=1S/C15H10Br2ClNS/c16-10-6-5-9(7-12(10)18)11(17)8-15-19-13-3-1-2-4-14(13)20-15/h1-7,11H,8H2. The zero-order valence-corrected chi connectivity index (χ0v) is 15.1. The SMILES string of the molecule is Clc1cc(C(Br)Cc2nc3ccccc3s2)ccc1Br. The fraction of sp³-hybridized carbons (Fsp3) is 0.133. The fourth-order valence-corrected chi connectivity index (χ4v) is 4.24. The molecule has 0 saturated heterocycles. The molecule has 0 aliphatic heterocycles. The number of hydrogen-bond acceptors (Lipinski definition) is 2. The van der Waals surface area contributed by atoms with Gasteiger partial charge in [-0.25, -0.2) is 4.98 Å². The van der Waals surface area contributed by atoms with Crippen molar-refractivity contribution in [3.05, 3.63) is 62.5 Å². The van der Waals surface area contributed by atoms with E-state index in [9.17, 15) is 0 Å². The van der Waals surface area contributed by atoms with E-state index in [-0.39, 0.29) is 4.83 Å². The molecule has 1 heterocycles. The fourth-order valence-electron chi connectivity index (χ4n) is 1.99. The first-order valence-electron chi connectivity index (χ1n) is 6.07. The molecule has 1 nitrogen and oxygen atoms in total. The smallest absolute Gasteiger partial charge is 0.0953 e. The van der Waals surface area contributed by atoms with Gasteiger partial charge in [0.2, 0.25) is 0 Å². The highest BCUT2D eigenvalue weighted by Crippen LogP contribution is 2.33. The predicted molar refractivity (Wildman–Crippen MR) is 94.1 cm³/mol. The van der Waals surface area contributed by atoms with Crippen LogP contribution >= 0.6 is 54.8 Å². The van der Waals surface area contributed by atoms with Crippen molar-refractivity contribution in [1.29, 1.82) is 0 Å². The van der Waals surface area contributed by atoms with Gasteiger partial charge in [0.05, 0.1) is 20.2 Å². The lowest BCUT2D eigenvalue weighted by atomic mass is 10.1. The van der Waals surface area contributed by atoms with Crippen molar-refractivity contribution in [3.63, 3.8) is 0 Å². The first kappa shape index (κ1) is 14.5. The molecule has 1 unspecified atom stereocenters. The first-order valence-corrected chi connectivity index (χ1v) is 8.97. The van der Waals surface area contributed by atoms with E-state index in [0.29, 0.717) is 0 Å². The van der Waals surface area contributed by atoms with Gasteiger partial charge in [0.1, 0.15) is 0 Å². The van der Waals surface area contributed by atoms with Crippen LogP contribution in [0.4, 0.5) is 0 Å². The molecule has 0 bridgehead atoms. The summed E-state index contributed by atoms with van der Waals surface area (Å²) in [5, 5.41) is 1.86. The normalized spacial score (nSPS) is 12.8. The number of thiazole rings is 1. The van der Waals surface area contributed by atoms with Crippen LogP contribution in [0.1, 0.15) is 15.4 Å². The maximum absolute atomic E-state index is 6.14. The average molecular weight is 432 g/mol. The summed E-state index contributed by atoms with van der Waals surface area (Å²) >= 11 is 15.0. The molecule has 0 saturated carbocycles. The third-order valence-corrected chi connectivity index (χ3v) is 6.14. The number of rotatable bonds is 3. The van der Waals surface area contributed by atoms with Crippen LogP contribution in [0.25, 0.3) is 10.2 Å². The number of fused-ring (bicyclic) bond motifs is 1. The van der Waals surface area contributed by atoms with Gasteiger partial charge in [-0.15, -0.1) is 11.3 Å². The van der Waals surface area contributed by atoms with Crippen molar-refractivity contribution in [3.8, 4) is 0 Å². The van der Waals surface area contributed by atoms with E-state index in [0.717, 1.165) is 32.0 Å². The largest absolute Gasteiger partial charge is 0.241 e. The Hall–Kier alpha value is -0.420. The van der Waals surface area contributed by atoms with Crippen molar-refractivity contribution < 1.29 is 0 Å². The number of aromatic nitrogens is 1. The summed E-state index contributed by atoms with van der Waals surface area (Å²) in [6, 6.07) is 14.3. The molecule has 0 N–H and O–H groups in total. The minimum absolute atomic E-state index is 0.216. The van der Waals surface area contributed by atoms with Crippen molar-refractivity contribution in [2.24, 2.45) is 0 Å². The summed E-state index contributed by atoms with van der Waals surface area (Å²) in [4.78, 5) is 4.88. The van der Waals surface area contributed by atoms with E-state index in [1.807, 2.05) is 24.3 Å². The first-order chi connectivity index (χ1) is 9.63. The molecule has 1 atom stereocenters. The molecule has 0 aliphatic rings. The Labute approximate surface area is 143 Å². The summed E-state index contributed by atoms with van der Waals surface area (Å²) < 4.78 is 2.15. The summed E-state index contributed by atoms with van der Waals surface area (Å²) in [6.45, 7) is 0. The highest BCUT2D eigenvalue weighted by molar-refractivity contribution is 9.10. The molecular weight excluding hydrogens is 422 g/mol. The Morgan fingerprint density at radius 2 is 2.00 bits per heavy atom. The van der Waals surface area contributed by atoms with E-state index >= 15 is 0 Å². The quantitative estimate of drug-likeness (QED) is 0.438. The number of nitrogens with zero attached hydrogens (tertiary/aromatic N) is 1. The third-order valence-electron chi connectivity index (χ3n) is 3.00. The lowest BCUT2D eigenvalue weighted by Crippen LogP contribution is -1.95. The van der Waals surface area contributed by atoms with Crippen molar-refractivity contribution >= 4 is 65.0 Å². The molecule has 5 heteroatoms. The average Bonchev–Trinajstić information content (AvgIpc) is 2.83. The van der Waals surface area contributed by atoms with Crippen LogP contribution in [-0.4, -0.2) is 4.98 Å². The predicted octanol–water partition coefficient (Wildman–Crippen LogP) is 6.39. The van der Waals surface area contributed by atoms with Gasteiger partial charge in [0, 0.05) is 15.7 Å². The van der Waals surface area contributed by atoms with Gasteiger partial charge in [-0.2, -0.15) is 0 Å². The molecule has 3 rings (SSSR count). The molecule has 2 aromatic carbocycles. The van der Waals surface area contributed by atoms with E-state index in [2.05, 4.69) is 55.0 Å². The maximum Gasteiger partial charge on any atom is 0.0953 e. The van der Waals surface area contributed by atoms with Gasteiger partial charge in [-0.3, -0.25) is 0 Å². The van der Waals surface area contributed by atoms with E-state index in [4.69, 9.17) is 11.6 Å². The van der Waals surface area contributed by atoms with Gasteiger partial charge in [0.25, 0.3) is 0 Å². The van der Waals surface area contributed by atoms with E-state index < -0.39 is 0 Å². The minimum atomic E-state index is 0.216. The minimum Gasteiger partial charge on any atom is -0.241 e. The third kappa shape index (κ3) is 3.08. The number of halogens is 3. The Morgan fingerprint density at radius 3 is 2.75 bits per heavy atom. The molecule has 20 heavy (non-hydrogen) atoms. The number of para-hydroxylation sites is 1. The maximum atomic E-state index is 6.14. The number of alkyl halides is 1. The van der Waals surface area contributed by atoms with Crippen LogP contribution in [0.2, 0.25) is 5.02 Å². The van der Waals surface area contributed by atoms with Crippen molar-refractivity contribution in [2.75, 3.05) is 0 Å². The van der Waals surface area contributed by atoms with Gasteiger partial charge in [0.15, 0.2) is 0 Å². The zero-order chi connectivity index (χ0) is 14.1. The Bertz CT molecular complexity index is 723. The van der Waals surface area contributed by atoms with Crippen LogP contribution in [-0.2, 0) is 6.42 Å². The second kappa shape index (κ2) is 6.14. The van der Waals surface area contributed by atoms with Gasteiger partial charge in [-0.05, 0) is 45.8 Å². The summed E-state index contributed by atoms with van der Waals surface area (Å²) in [6.07, 6.45) is 0.858. The second-order valence-corrected chi connectivity index (χ2v) is 7.90. The van der Waals surface area contributed by atoms with Gasteiger partial charge < -0.3 is 0 Å². The molecule has 0 spiro atoms. The molecular formula is C15H10Br2ClNS. The van der Waals surface area contributed by atoms with Crippen molar-refractivity contribution in [2.45, 2.75) is 11.2 Å².